The van der Waals surface area contributed by atoms with Crippen LogP contribution in [0.25, 0.3) is 0 Å². The number of aliphatic hydroxyl groups excluding tert-OH is 1. The van der Waals surface area contributed by atoms with Gasteiger partial charge in [-0.2, -0.15) is 0 Å². The Morgan fingerprint density at radius 3 is 2.48 bits per heavy atom. The van der Waals surface area contributed by atoms with Gasteiger partial charge < -0.3 is 20.5 Å². The summed E-state index contributed by atoms with van der Waals surface area (Å²) in [6.07, 6.45) is 11.0. The van der Waals surface area contributed by atoms with Crippen LogP contribution < -0.4 is 10.6 Å². The third-order valence-corrected chi connectivity index (χ3v) is 4.75. The second-order valence-corrected chi connectivity index (χ2v) is 6.75. The summed E-state index contributed by atoms with van der Waals surface area (Å²) >= 11 is 0. The van der Waals surface area contributed by atoms with Crippen LogP contribution in [-0.4, -0.2) is 51.0 Å². The van der Waals surface area contributed by atoms with Crippen molar-refractivity contribution in [2.75, 3.05) is 40.0 Å². The zero-order chi connectivity index (χ0) is 16.8. The maximum Gasteiger partial charge on any atom is 0.190 e. The molecule has 5 heteroatoms. The number of unbranched alkanes of at least 4 members (excludes halogenated alkanes) is 6. The summed E-state index contributed by atoms with van der Waals surface area (Å²) in [5.74, 6) is 0.861. The first-order chi connectivity index (χ1) is 11.3. The lowest BCUT2D eigenvalue weighted by Gasteiger charge is -2.27. The first kappa shape index (κ1) is 20.2. The van der Waals surface area contributed by atoms with E-state index >= 15 is 0 Å². The van der Waals surface area contributed by atoms with Gasteiger partial charge in [0.25, 0.3) is 0 Å². The Hall–Kier alpha value is -0.810. The molecule has 1 heterocycles. The van der Waals surface area contributed by atoms with Crippen LogP contribution in [0, 0.1) is 5.41 Å². The van der Waals surface area contributed by atoms with Gasteiger partial charge in [-0.1, -0.05) is 45.4 Å². The fourth-order valence-corrected chi connectivity index (χ4v) is 3.09. The lowest BCUT2D eigenvalue weighted by molar-refractivity contribution is 0.127. The van der Waals surface area contributed by atoms with Crippen molar-refractivity contribution in [3.8, 4) is 0 Å². The Bertz CT molecular complexity index is 315. The van der Waals surface area contributed by atoms with Crippen molar-refractivity contribution in [2.24, 2.45) is 10.4 Å². The predicted octanol–water partition coefficient (Wildman–Crippen LogP) is 2.69. The quantitative estimate of drug-likeness (QED) is 0.293. The molecule has 1 unspecified atom stereocenters. The summed E-state index contributed by atoms with van der Waals surface area (Å²) < 4.78 is 5.52. The van der Waals surface area contributed by atoms with Gasteiger partial charge in [-0.25, -0.2) is 0 Å². The molecule has 0 amide bonds. The summed E-state index contributed by atoms with van der Waals surface area (Å²) in [4.78, 5) is 4.29. The van der Waals surface area contributed by atoms with E-state index in [1.54, 1.807) is 0 Å². The standard InChI is InChI=1S/C18H37N3O2/c1-3-4-5-6-7-8-9-12-20-17(19-2)21-15-18(10-13-22)11-14-23-16-18/h22H,3-16H2,1-2H3,(H2,19,20,21). The fraction of sp³-hybridized carbons (Fsp3) is 0.944. The fourth-order valence-electron chi connectivity index (χ4n) is 3.09. The van der Waals surface area contributed by atoms with Crippen molar-refractivity contribution < 1.29 is 9.84 Å². The second kappa shape index (κ2) is 12.6. The number of ether oxygens (including phenoxy) is 1. The van der Waals surface area contributed by atoms with Crippen LogP contribution in [0.15, 0.2) is 4.99 Å². The topological polar surface area (TPSA) is 65.9 Å². The summed E-state index contributed by atoms with van der Waals surface area (Å²) in [7, 11) is 1.81. The van der Waals surface area contributed by atoms with Gasteiger partial charge in [0, 0.05) is 38.8 Å². The minimum absolute atomic E-state index is 0.0612. The highest BCUT2D eigenvalue weighted by molar-refractivity contribution is 5.79. The monoisotopic (exact) mass is 327 g/mol. The lowest BCUT2D eigenvalue weighted by atomic mass is 9.84. The number of guanidine groups is 1. The third-order valence-electron chi connectivity index (χ3n) is 4.75. The van der Waals surface area contributed by atoms with Gasteiger partial charge in [-0.3, -0.25) is 4.99 Å². The van der Waals surface area contributed by atoms with E-state index in [4.69, 9.17) is 4.74 Å². The maximum atomic E-state index is 9.26. The molecule has 0 bridgehead atoms. The van der Waals surface area contributed by atoms with E-state index in [1.165, 1.54) is 44.9 Å². The number of aliphatic imine (C=N–C) groups is 1. The van der Waals surface area contributed by atoms with Gasteiger partial charge in [0.2, 0.25) is 0 Å². The van der Waals surface area contributed by atoms with Gasteiger partial charge >= 0.3 is 0 Å². The van der Waals surface area contributed by atoms with Crippen molar-refractivity contribution >= 4 is 5.96 Å². The predicted molar refractivity (Wildman–Crippen MR) is 96.9 cm³/mol. The van der Waals surface area contributed by atoms with Crippen LogP contribution in [0.5, 0.6) is 0 Å². The van der Waals surface area contributed by atoms with Crippen LogP contribution >= 0.6 is 0 Å². The number of hydrogen-bond acceptors (Lipinski definition) is 3. The van der Waals surface area contributed by atoms with Crippen molar-refractivity contribution in [1.29, 1.82) is 0 Å². The molecule has 0 spiro atoms. The molecule has 0 saturated carbocycles. The van der Waals surface area contributed by atoms with Crippen molar-refractivity contribution in [1.82, 2.24) is 10.6 Å². The van der Waals surface area contributed by atoms with Crippen LogP contribution in [0.1, 0.15) is 64.7 Å². The summed E-state index contributed by atoms with van der Waals surface area (Å²) in [5.41, 5.74) is 0.0612. The molecule has 1 aliphatic heterocycles. The van der Waals surface area contributed by atoms with Crippen molar-refractivity contribution in [3.63, 3.8) is 0 Å². The Balaban J connectivity index is 2.12. The number of rotatable bonds is 12. The first-order valence-electron chi connectivity index (χ1n) is 9.39. The average Bonchev–Trinajstić information content (AvgIpc) is 3.02. The van der Waals surface area contributed by atoms with E-state index in [1.807, 2.05) is 7.05 Å². The van der Waals surface area contributed by atoms with E-state index < -0.39 is 0 Å². The van der Waals surface area contributed by atoms with E-state index in [0.29, 0.717) is 0 Å². The van der Waals surface area contributed by atoms with Gasteiger partial charge in [0.05, 0.1) is 6.61 Å². The molecule has 136 valence electrons. The van der Waals surface area contributed by atoms with Crippen LogP contribution in [0.3, 0.4) is 0 Å². The van der Waals surface area contributed by atoms with Crippen LogP contribution in [0.4, 0.5) is 0 Å². The number of hydrogen-bond donors (Lipinski definition) is 3. The highest BCUT2D eigenvalue weighted by Crippen LogP contribution is 2.31. The molecule has 1 saturated heterocycles. The lowest BCUT2D eigenvalue weighted by Crippen LogP contribution is -2.44. The van der Waals surface area contributed by atoms with E-state index in [9.17, 15) is 5.11 Å². The Morgan fingerprint density at radius 2 is 1.87 bits per heavy atom. The third kappa shape index (κ3) is 8.56. The molecule has 0 aromatic carbocycles. The van der Waals surface area contributed by atoms with E-state index in [0.717, 1.165) is 45.1 Å². The smallest absolute Gasteiger partial charge is 0.190 e. The van der Waals surface area contributed by atoms with Gasteiger partial charge in [-0.05, 0) is 19.3 Å². The zero-order valence-electron chi connectivity index (χ0n) is 15.2. The summed E-state index contributed by atoms with van der Waals surface area (Å²) in [6, 6.07) is 0. The summed E-state index contributed by atoms with van der Waals surface area (Å²) in [5, 5.41) is 16.1. The van der Waals surface area contributed by atoms with Crippen molar-refractivity contribution in [2.45, 2.75) is 64.7 Å². The summed E-state index contributed by atoms with van der Waals surface area (Å²) in [6.45, 7) is 5.78. The number of nitrogens with one attached hydrogen (secondary N) is 2. The second-order valence-electron chi connectivity index (χ2n) is 6.75. The zero-order valence-corrected chi connectivity index (χ0v) is 15.2. The normalized spacial score (nSPS) is 21.6. The Morgan fingerprint density at radius 1 is 1.13 bits per heavy atom. The highest BCUT2D eigenvalue weighted by Gasteiger charge is 2.34. The van der Waals surface area contributed by atoms with Gasteiger partial charge in [0.15, 0.2) is 5.96 Å². The molecule has 0 aromatic heterocycles. The number of aliphatic hydroxyl groups is 1. The van der Waals surface area contributed by atoms with Gasteiger partial charge in [0.1, 0.15) is 0 Å². The highest BCUT2D eigenvalue weighted by atomic mass is 16.5. The van der Waals surface area contributed by atoms with Crippen LogP contribution in [0.2, 0.25) is 0 Å². The van der Waals surface area contributed by atoms with Crippen LogP contribution in [-0.2, 0) is 4.74 Å². The number of nitrogens with zero attached hydrogens (tertiary/aromatic N) is 1. The molecule has 1 aliphatic rings. The largest absolute Gasteiger partial charge is 0.396 e. The maximum absolute atomic E-state index is 9.26. The Kier molecular flexibility index (Phi) is 11.1. The van der Waals surface area contributed by atoms with E-state index in [2.05, 4.69) is 22.5 Å². The molecule has 5 nitrogen and oxygen atoms in total. The molecular weight excluding hydrogens is 290 g/mol. The first-order valence-corrected chi connectivity index (χ1v) is 9.39. The Labute approximate surface area is 142 Å². The SMILES string of the molecule is CCCCCCCCCNC(=NC)NCC1(CCO)CCOC1. The molecule has 0 aromatic rings. The molecule has 3 N–H and O–H groups in total. The average molecular weight is 328 g/mol. The molecule has 1 rings (SSSR count). The molecule has 0 radical (unpaired) electrons. The molecular formula is C18H37N3O2. The molecule has 1 fully saturated rings. The molecule has 23 heavy (non-hydrogen) atoms. The van der Waals surface area contributed by atoms with Crippen molar-refractivity contribution in [3.05, 3.63) is 0 Å². The minimum Gasteiger partial charge on any atom is -0.396 e. The molecule has 0 aliphatic carbocycles. The van der Waals surface area contributed by atoms with E-state index in [-0.39, 0.29) is 12.0 Å². The van der Waals surface area contributed by atoms with Gasteiger partial charge in [-0.15, -0.1) is 0 Å². The minimum atomic E-state index is 0.0612. The molecule has 1 atom stereocenters.